The molecule has 112 valence electrons. The van der Waals surface area contributed by atoms with Gasteiger partial charge < -0.3 is 10.1 Å². The topological polar surface area (TPSA) is 24.5 Å². The first kappa shape index (κ1) is 14.5. The Morgan fingerprint density at radius 2 is 2.15 bits per heavy atom. The van der Waals surface area contributed by atoms with Crippen LogP contribution in [0.3, 0.4) is 0 Å². The molecule has 2 aliphatic rings. The van der Waals surface area contributed by atoms with E-state index >= 15 is 0 Å². The molecule has 1 N–H and O–H groups in total. The standard InChI is InChI=1S/C16H26N2OS/c1-2-17-10-14-7-8-15(19-14)11-18(13-5-6-13)12-16-4-3-9-20-16/h3-4,9,13-15,17H,2,5-8,10-12H2,1H3. The second-order valence-electron chi connectivity index (χ2n) is 6.01. The summed E-state index contributed by atoms with van der Waals surface area (Å²) < 4.78 is 6.19. The molecule has 0 aromatic carbocycles. The molecule has 1 saturated heterocycles. The minimum atomic E-state index is 0.433. The molecule has 0 amide bonds. The molecular formula is C16H26N2OS. The van der Waals surface area contributed by atoms with Crippen molar-refractivity contribution in [2.45, 2.75) is 57.4 Å². The monoisotopic (exact) mass is 294 g/mol. The lowest BCUT2D eigenvalue weighted by Crippen LogP contribution is -2.35. The highest BCUT2D eigenvalue weighted by Gasteiger charge is 2.33. The van der Waals surface area contributed by atoms with Gasteiger partial charge >= 0.3 is 0 Å². The van der Waals surface area contributed by atoms with Gasteiger partial charge in [-0.05, 0) is 43.7 Å². The van der Waals surface area contributed by atoms with E-state index in [1.54, 1.807) is 0 Å². The number of thiophene rings is 1. The molecule has 1 aromatic heterocycles. The SMILES string of the molecule is CCNCC1CCC(CN(Cc2cccs2)C2CC2)O1. The first-order valence-electron chi connectivity index (χ1n) is 7.97. The average Bonchev–Trinajstić information content (AvgIpc) is 3.00. The van der Waals surface area contributed by atoms with Crippen molar-refractivity contribution in [3.8, 4) is 0 Å². The molecule has 3 nitrogen and oxygen atoms in total. The molecular weight excluding hydrogens is 268 g/mol. The Morgan fingerprint density at radius 3 is 2.85 bits per heavy atom. The maximum Gasteiger partial charge on any atom is 0.0707 e. The highest BCUT2D eigenvalue weighted by molar-refractivity contribution is 7.09. The summed E-state index contributed by atoms with van der Waals surface area (Å²) in [6.45, 7) is 6.44. The van der Waals surface area contributed by atoms with E-state index in [9.17, 15) is 0 Å². The zero-order valence-electron chi connectivity index (χ0n) is 12.4. The summed E-state index contributed by atoms with van der Waals surface area (Å²) in [4.78, 5) is 4.13. The van der Waals surface area contributed by atoms with E-state index in [-0.39, 0.29) is 0 Å². The normalized spacial score (nSPS) is 26.5. The van der Waals surface area contributed by atoms with Crippen molar-refractivity contribution in [3.63, 3.8) is 0 Å². The minimum absolute atomic E-state index is 0.433. The van der Waals surface area contributed by atoms with Crippen molar-refractivity contribution in [1.29, 1.82) is 0 Å². The van der Waals surface area contributed by atoms with Crippen LogP contribution in [0.1, 0.15) is 37.5 Å². The van der Waals surface area contributed by atoms with Crippen LogP contribution in [0.25, 0.3) is 0 Å². The lowest BCUT2D eigenvalue weighted by atomic mass is 10.2. The van der Waals surface area contributed by atoms with Gasteiger partial charge in [0, 0.05) is 30.6 Å². The molecule has 0 spiro atoms. The van der Waals surface area contributed by atoms with Crippen LogP contribution in [0.4, 0.5) is 0 Å². The third-order valence-corrected chi connectivity index (χ3v) is 5.12. The summed E-state index contributed by atoms with van der Waals surface area (Å²) >= 11 is 1.87. The van der Waals surface area contributed by atoms with Crippen molar-refractivity contribution in [3.05, 3.63) is 22.4 Å². The minimum Gasteiger partial charge on any atom is -0.372 e. The fourth-order valence-corrected chi connectivity index (χ4v) is 3.75. The molecule has 4 heteroatoms. The molecule has 2 atom stereocenters. The predicted molar refractivity (Wildman–Crippen MR) is 84.2 cm³/mol. The van der Waals surface area contributed by atoms with Crippen LogP contribution >= 0.6 is 11.3 Å². The number of rotatable bonds is 8. The molecule has 1 saturated carbocycles. The van der Waals surface area contributed by atoms with Gasteiger partial charge in [0.05, 0.1) is 12.2 Å². The molecule has 2 unspecified atom stereocenters. The smallest absolute Gasteiger partial charge is 0.0707 e. The molecule has 2 heterocycles. The molecule has 0 radical (unpaired) electrons. The van der Waals surface area contributed by atoms with E-state index in [2.05, 4.69) is 34.7 Å². The molecule has 1 aliphatic carbocycles. The third kappa shape index (κ3) is 4.04. The second-order valence-corrected chi connectivity index (χ2v) is 7.04. The average molecular weight is 294 g/mol. The predicted octanol–water partition coefficient (Wildman–Crippen LogP) is 2.87. The van der Waals surface area contributed by atoms with Crippen LogP contribution in [-0.4, -0.2) is 42.8 Å². The van der Waals surface area contributed by atoms with Gasteiger partial charge in [-0.1, -0.05) is 13.0 Å². The van der Waals surface area contributed by atoms with E-state index in [0.717, 1.165) is 32.2 Å². The first-order valence-corrected chi connectivity index (χ1v) is 8.85. The van der Waals surface area contributed by atoms with E-state index in [1.165, 1.54) is 30.6 Å². The molecule has 3 rings (SSSR count). The van der Waals surface area contributed by atoms with Gasteiger partial charge in [-0.25, -0.2) is 0 Å². The van der Waals surface area contributed by atoms with E-state index in [1.807, 2.05) is 11.3 Å². The van der Waals surface area contributed by atoms with Gasteiger partial charge in [-0.2, -0.15) is 0 Å². The number of hydrogen-bond acceptors (Lipinski definition) is 4. The third-order valence-electron chi connectivity index (χ3n) is 4.26. The van der Waals surface area contributed by atoms with Gasteiger partial charge in [0.1, 0.15) is 0 Å². The summed E-state index contributed by atoms with van der Waals surface area (Å²) in [7, 11) is 0. The van der Waals surface area contributed by atoms with Crippen molar-refractivity contribution in [1.82, 2.24) is 10.2 Å². The Bertz CT molecular complexity index is 391. The van der Waals surface area contributed by atoms with Crippen LogP contribution in [0.15, 0.2) is 17.5 Å². The van der Waals surface area contributed by atoms with E-state index in [0.29, 0.717) is 12.2 Å². The van der Waals surface area contributed by atoms with Crippen LogP contribution < -0.4 is 5.32 Å². The summed E-state index contributed by atoms with van der Waals surface area (Å²) in [6.07, 6.45) is 6.07. The molecule has 1 aromatic rings. The zero-order valence-corrected chi connectivity index (χ0v) is 13.2. The van der Waals surface area contributed by atoms with E-state index < -0.39 is 0 Å². The van der Waals surface area contributed by atoms with Gasteiger partial charge in [-0.15, -0.1) is 11.3 Å². The quantitative estimate of drug-likeness (QED) is 0.798. The summed E-state index contributed by atoms with van der Waals surface area (Å²) in [5.74, 6) is 0. The Kier molecular flexibility index (Phi) is 5.10. The summed E-state index contributed by atoms with van der Waals surface area (Å²) in [5, 5.41) is 5.58. The highest BCUT2D eigenvalue weighted by Crippen LogP contribution is 2.31. The van der Waals surface area contributed by atoms with Crippen LogP contribution in [0.5, 0.6) is 0 Å². The van der Waals surface area contributed by atoms with Crippen molar-refractivity contribution < 1.29 is 4.74 Å². The fourth-order valence-electron chi connectivity index (χ4n) is 3.02. The number of nitrogens with zero attached hydrogens (tertiary/aromatic N) is 1. The number of hydrogen-bond donors (Lipinski definition) is 1. The lowest BCUT2D eigenvalue weighted by Gasteiger charge is -2.25. The fraction of sp³-hybridized carbons (Fsp3) is 0.750. The van der Waals surface area contributed by atoms with Crippen molar-refractivity contribution in [2.24, 2.45) is 0 Å². The molecule has 1 aliphatic heterocycles. The molecule has 20 heavy (non-hydrogen) atoms. The van der Waals surface area contributed by atoms with Crippen molar-refractivity contribution >= 4 is 11.3 Å². The Labute approximate surface area is 126 Å². The summed E-state index contributed by atoms with van der Waals surface area (Å²) in [5.41, 5.74) is 0. The number of nitrogens with one attached hydrogen (secondary N) is 1. The zero-order chi connectivity index (χ0) is 13.8. The maximum atomic E-state index is 6.19. The van der Waals surface area contributed by atoms with Gasteiger partial charge in [0.25, 0.3) is 0 Å². The Balaban J connectivity index is 1.47. The highest BCUT2D eigenvalue weighted by atomic mass is 32.1. The second kappa shape index (κ2) is 7.03. The largest absolute Gasteiger partial charge is 0.372 e. The number of ether oxygens (including phenoxy) is 1. The van der Waals surface area contributed by atoms with Crippen molar-refractivity contribution in [2.75, 3.05) is 19.6 Å². The van der Waals surface area contributed by atoms with Gasteiger partial charge in [-0.3, -0.25) is 4.90 Å². The number of likely N-dealkylation sites (N-methyl/N-ethyl adjacent to an activating group) is 1. The summed E-state index contributed by atoms with van der Waals surface area (Å²) in [6, 6.07) is 5.22. The first-order chi connectivity index (χ1) is 9.85. The van der Waals surface area contributed by atoms with Gasteiger partial charge in [0.2, 0.25) is 0 Å². The Morgan fingerprint density at radius 1 is 1.30 bits per heavy atom. The van der Waals surface area contributed by atoms with E-state index in [4.69, 9.17) is 4.74 Å². The van der Waals surface area contributed by atoms with Crippen LogP contribution in [0, 0.1) is 0 Å². The van der Waals surface area contributed by atoms with Crippen LogP contribution in [0.2, 0.25) is 0 Å². The lowest BCUT2D eigenvalue weighted by molar-refractivity contribution is 0.0204. The molecule has 2 fully saturated rings. The van der Waals surface area contributed by atoms with Gasteiger partial charge in [0.15, 0.2) is 0 Å². The Hall–Kier alpha value is -0.420. The van der Waals surface area contributed by atoms with Crippen LogP contribution in [-0.2, 0) is 11.3 Å². The molecule has 0 bridgehead atoms. The maximum absolute atomic E-state index is 6.19.